The first-order valence-corrected chi connectivity index (χ1v) is 2.26. The van der Waals surface area contributed by atoms with Crippen LogP contribution in [0.25, 0.3) is 0 Å². The maximum absolute atomic E-state index is 10.4. The van der Waals surface area contributed by atoms with Crippen molar-refractivity contribution in [1.29, 1.82) is 0 Å². The van der Waals surface area contributed by atoms with Gasteiger partial charge in [0.05, 0.1) is 7.11 Å². The topological polar surface area (TPSA) is 72.8 Å². The van der Waals surface area contributed by atoms with Crippen LogP contribution in [0, 0.1) is 0 Å². The maximum atomic E-state index is 10.4. The second-order valence-corrected chi connectivity index (χ2v) is 1.32. The monoisotopic (exact) mass is 146 g/mol. The van der Waals surface area contributed by atoms with Crippen molar-refractivity contribution < 1.29 is 24.5 Å². The van der Waals surface area contributed by atoms with Gasteiger partial charge in [-0.1, -0.05) is 6.58 Å². The van der Waals surface area contributed by atoms with Crippen molar-refractivity contribution in [3.63, 3.8) is 0 Å². The summed E-state index contributed by atoms with van der Waals surface area (Å²) in [6.07, 6.45) is 0. The lowest BCUT2D eigenvalue weighted by Gasteiger charge is -1.96. The second-order valence-electron chi connectivity index (χ2n) is 1.32. The average molecular weight is 146 g/mol. The fourth-order valence-electron chi connectivity index (χ4n) is 0.213. The van der Waals surface area contributed by atoms with Gasteiger partial charge in [-0.2, -0.15) is 4.89 Å². The predicted octanol–water partition coefficient (Wildman–Crippen LogP) is -0.268. The molecule has 0 bridgehead atoms. The van der Waals surface area contributed by atoms with E-state index in [1.165, 1.54) is 0 Å². The van der Waals surface area contributed by atoms with Crippen LogP contribution in [-0.4, -0.2) is 24.2 Å². The number of hydrogen-bond donors (Lipinski definition) is 1. The van der Waals surface area contributed by atoms with Crippen molar-refractivity contribution in [2.45, 2.75) is 0 Å². The summed E-state index contributed by atoms with van der Waals surface area (Å²) in [6, 6.07) is 0. The Morgan fingerprint density at radius 3 is 2.30 bits per heavy atom. The van der Waals surface area contributed by atoms with Gasteiger partial charge < -0.3 is 5.11 Å². The van der Waals surface area contributed by atoms with E-state index in [0.717, 1.165) is 7.11 Å². The summed E-state index contributed by atoms with van der Waals surface area (Å²) in [5, 5.41) is 8.12. The number of aliphatic carboxylic acids is 1. The van der Waals surface area contributed by atoms with Gasteiger partial charge in [-0.25, -0.2) is 9.59 Å². The molecule has 0 aromatic heterocycles. The van der Waals surface area contributed by atoms with Crippen LogP contribution < -0.4 is 0 Å². The minimum absolute atomic E-state index is 0.665. The van der Waals surface area contributed by atoms with Gasteiger partial charge in [0.25, 0.3) is 0 Å². The molecule has 0 rings (SSSR count). The number of carboxylic acids is 1. The van der Waals surface area contributed by atoms with Crippen LogP contribution in [0.2, 0.25) is 0 Å². The third-order valence-corrected chi connectivity index (χ3v) is 0.664. The zero-order valence-corrected chi connectivity index (χ0v) is 5.29. The van der Waals surface area contributed by atoms with E-state index in [2.05, 4.69) is 16.4 Å². The van der Waals surface area contributed by atoms with E-state index in [-0.39, 0.29) is 0 Å². The van der Waals surface area contributed by atoms with Gasteiger partial charge in [0.2, 0.25) is 0 Å². The van der Waals surface area contributed by atoms with Gasteiger partial charge in [-0.15, -0.1) is 0 Å². The zero-order chi connectivity index (χ0) is 8.15. The maximum Gasteiger partial charge on any atom is 0.379 e. The van der Waals surface area contributed by atoms with Crippen LogP contribution in [0.4, 0.5) is 0 Å². The standard InChI is InChI=1S/C5H6O5/c1-3(4(6)7)5(8)10-9-2/h1H2,2H3,(H,6,7). The SMILES string of the molecule is C=C(C(=O)O)C(=O)OOC. The molecule has 0 aliphatic heterocycles. The van der Waals surface area contributed by atoms with E-state index in [0.29, 0.717) is 0 Å². The van der Waals surface area contributed by atoms with Crippen molar-refractivity contribution in [2.75, 3.05) is 7.11 Å². The summed E-state index contributed by atoms with van der Waals surface area (Å²) in [5.41, 5.74) is -0.665. The van der Waals surface area contributed by atoms with E-state index in [1.54, 1.807) is 0 Å². The van der Waals surface area contributed by atoms with E-state index >= 15 is 0 Å². The molecule has 0 spiro atoms. The van der Waals surface area contributed by atoms with E-state index in [9.17, 15) is 9.59 Å². The molecule has 0 amide bonds. The first-order valence-electron chi connectivity index (χ1n) is 2.26. The zero-order valence-electron chi connectivity index (χ0n) is 5.29. The number of carbonyl (C=O) groups is 2. The van der Waals surface area contributed by atoms with Crippen molar-refractivity contribution in [3.05, 3.63) is 12.2 Å². The molecular formula is C5H6O5. The van der Waals surface area contributed by atoms with Crippen molar-refractivity contribution >= 4 is 11.9 Å². The minimum atomic E-state index is -1.43. The summed E-state index contributed by atoms with van der Waals surface area (Å²) in [4.78, 5) is 28.1. The lowest BCUT2D eigenvalue weighted by atomic mass is 10.3. The molecule has 0 radical (unpaired) electrons. The molecule has 0 atom stereocenters. The first kappa shape index (κ1) is 8.64. The largest absolute Gasteiger partial charge is 0.477 e. The molecule has 10 heavy (non-hydrogen) atoms. The molecule has 0 aliphatic rings. The lowest BCUT2D eigenvalue weighted by Crippen LogP contribution is -2.13. The van der Waals surface area contributed by atoms with Crippen LogP contribution in [0.1, 0.15) is 0 Å². The Kier molecular flexibility index (Phi) is 3.13. The molecule has 0 saturated carbocycles. The summed E-state index contributed by atoms with van der Waals surface area (Å²) >= 11 is 0. The summed E-state index contributed by atoms with van der Waals surface area (Å²) < 4.78 is 0. The molecule has 0 aliphatic carbocycles. The fourth-order valence-corrected chi connectivity index (χ4v) is 0.213. The first-order chi connectivity index (χ1) is 4.59. The third kappa shape index (κ3) is 2.27. The second kappa shape index (κ2) is 3.62. The van der Waals surface area contributed by atoms with Gasteiger partial charge in [-0.3, -0.25) is 4.89 Å². The van der Waals surface area contributed by atoms with Crippen LogP contribution in [0.3, 0.4) is 0 Å². The summed E-state index contributed by atoms with van der Waals surface area (Å²) in [5.74, 6) is -2.53. The van der Waals surface area contributed by atoms with Gasteiger partial charge >= 0.3 is 11.9 Å². The molecule has 5 heteroatoms. The summed E-state index contributed by atoms with van der Waals surface area (Å²) in [6.45, 7) is 2.92. The number of carboxylic acid groups (broad SMARTS) is 1. The van der Waals surface area contributed by atoms with Crippen molar-refractivity contribution in [1.82, 2.24) is 0 Å². The van der Waals surface area contributed by atoms with E-state index in [4.69, 9.17) is 5.11 Å². The van der Waals surface area contributed by atoms with Gasteiger partial charge in [0, 0.05) is 0 Å². The molecule has 0 fully saturated rings. The number of rotatable bonds is 3. The highest BCUT2D eigenvalue weighted by Gasteiger charge is 2.15. The van der Waals surface area contributed by atoms with Gasteiger partial charge in [0.15, 0.2) is 0 Å². The highest BCUT2D eigenvalue weighted by atomic mass is 17.2. The van der Waals surface area contributed by atoms with E-state index < -0.39 is 17.5 Å². The molecule has 0 unspecified atom stereocenters. The predicted molar refractivity (Wildman–Crippen MR) is 29.9 cm³/mol. The Morgan fingerprint density at radius 1 is 1.50 bits per heavy atom. The average Bonchev–Trinajstić information content (AvgIpc) is 1.87. The molecule has 5 nitrogen and oxygen atoms in total. The van der Waals surface area contributed by atoms with Gasteiger partial charge in [-0.05, 0) is 0 Å². The Morgan fingerprint density at radius 2 is 2.00 bits per heavy atom. The number of hydrogen-bond acceptors (Lipinski definition) is 4. The Labute approximate surface area is 56.8 Å². The van der Waals surface area contributed by atoms with Gasteiger partial charge in [0.1, 0.15) is 5.57 Å². The molecule has 0 aromatic carbocycles. The fraction of sp³-hybridized carbons (Fsp3) is 0.200. The van der Waals surface area contributed by atoms with Crippen LogP contribution in [0.5, 0.6) is 0 Å². The molecular weight excluding hydrogens is 140 g/mol. The molecule has 0 aromatic rings. The van der Waals surface area contributed by atoms with E-state index in [1.807, 2.05) is 0 Å². The van der Waals surface area contributed by atoms with Crippen molar-refractivity contribution in [2.24, 2.45) is 0 Å². The smallest absolute Gasteiger partial charge is 0.379 e. The summed E-state index contributed by atoms with van der Waals surface area (Å²) in [7, 11) is 1.09. The molecule has 1 N–H and O–H groups in total. The molecule has 56 valence electrons. The third-order valence-electron chi connectivity index (χ3n) is 0.664. The highest BCUT2D eigenvalue weighted by molar-refractivity contribution is 6.12. The van der Waals surface area contributed by atoms with Crippen LogP contribution >= 0.6 is 0 Å². The molecule has 0 heterocycles. The molecule has 0 saturated heterocycles. The quantitative estimate of drug-likeness (QED) is 0.195. The Balaban J connectivity index is 3.96. The number of carbonyl (C=O) groups excluding carboxylic acids is 1. The highest BCUT2D eigenvalue weighted by Crippen LogP contribution is 1.93. The normalized spacial score (nSPS) is 8.50. The van der Waals surface area contributed by atoms with Crippen LogP contribution in [0.15, 0.2) is 12.2 Å². The lowest BCUT2D eigenvalue weighted by molar-refractivity contribution is -0.250. The van der Waals surface area contributed by atoms with Crippen LogP contribution in [-0.2, 0) is 19.4 Å². The minimum Gasteiger partial charge on any atom is -0.477 e. The Hall–Kier alpha value is -1.36. The van der Waals surface area contributed by atoms with Crippen molar-refractivity contribution in [3.8, 4) is 0 Å². The Bertz CT molecular complexity index is 171.